The Hall–Kier alpha value is -1.53. The first-order valence-electron chi connectivity index (χ1n) is 7.99. The van der Waals surface area contributed by atoms with Crippen molar-refractivity contribution in [3.8, 4) is 10.7 Å². The molecule has 3 rings (SSSR count). The van der Waals surface area contributed by atoms with Crippen LogP contribution in [0.2, 0.25) is 0 Å². The van der Waals surface area contributed by atoms with E-state index in [0.29, 0.717) is 5.92 Å². The third-order valence-corrected chi connectivity index (χ3v) is 5.15. The quantitative estimate of drug-likeness (QED) is 0.854. The van der Waals surface area contributed by atoms with Crippen LogP contribution in [0.3, 0.4) is 0 Å². The summed E-state index contributed by atoms with van der Waals surface area (Å²) in [7, 11) is 0. The molecule has 0 aromatic carbocycles. The molecule has 0 bridgehead atoms. The summed E-state index contributed by atoms with van der Waals surface area (Å²) in [6.07, 6.45) is 8.94. The number of aliphatic hydroxyl groups excluding tert-OH is 1. The van der Waals surface area contributed by atoms with Crippen LogP contribution >= 0.6 is 11.3 Å². The Morgan fingerprint density at radius 1 is 1.23 bits per heavy atom. The fraction of sp³-hybridized carbons (Fsp3) is 0.562. The number of nitrogens with one attached hydrogen (secondary N) is 1. The second kappa shape index (κ2) is 7.65. The molecule has 0 saturated heterocycles. The maximum Gasteiger partial charge on any atom is 0.206 e. The molecule has 2 aromatic heterocycles. The van der Waals surface area contributed by atoms with Gasteiger partial charge in [0.05, 0.1) is 0 Å². The van der Waals surface area contributed by atoms with Gasteiger partial charge in [-0.05, 0) is 37.3 Å². The minimum Gasteiger partial charge on any atom is -0.396 e. The highest BCUT2D eigenvalue weighted by molar-refractivity contribution is 7.18. The second-order valence-electron chi connectivity index (χ2n) is 5.79. The summed E-state index contributed by atoms with van der Waals surface area (Å²) in [4.78, 5) is 4.31. The van der Waals surface area contributed by atoms with Gasteiger partial charge in [0.1, 0.15) is 5.69 Å². The normalized spacial score (nSPS) is 17.3. The van der Waals surface area contributed by atoms with Crippen LogP contribution in [0.25, 0.3) is 10.7 Å². The Kier molecular flexibility index (Phi) is 5.34. The highest BCUT2D eigenvalue weighted by atomic mass is 32.1. The van der Waals surface area contributed by atoms with Gasteiger partial charge >= 0.3 is 0 Å². The average molecular weight is 318 g/mol. The van der Waals surface area contributed by atoms with Crippen molar-refractivity contribution in [2.24, 2.45) is 5.92 Å². The van der Waals surface area contributed by atoms with Gasteiger partial charge in [0.15, 0.2) is 5.01 Å². The number of pyridine rings is 1. The maximum absolute atomic E-state index is 9.35. The molecule has 6 heteroatoms. The summed E-state index contributed by atoms with van der Waals surface area (Å²) < 4.78 is 0. The van der Waals surface area contributed by atoms with E-state index in [9.17, 15) is 5.11 Å². The number of aliphatic hydroxyl groups is 1. The van der Waals surface area contributed by atoms with Crippen molar-refractivity contribution in [2.45, 2.75) is 44.6 Å². The lowest BCUT2D eigenvalue weighted by Crippen LogP contribution is -2.31. The lowest BCUT2D eigenvalue weighted by atomic mass is 9.83. The van der Waals surface area contributed by atoms with Crippen molar-refractivity contribution in [3.05, 3.63) is 24.4 Å². The third kappa shape index (κ3) is 3.81. The Labute approximate surface area is 134 Å². The summed E-state index contributed by atoms with van der Waals surface area (Å²) in [6.45, 7) is 0.208. The molecule has 1 aliphatic rings. The summed E-state index contributed by atoms with van der Waals surface area (Å²) in [5.41, 5.74) is 0.851. The van der Waals surface area contributed by atoms with E-state index in [1.54, 1.807) is 6.20 Å². The Balaban J connectivity index is 1.69. The van der Waals surface area contributed by atoms with Crippen LogP contribution in [0.1, 0.15) is 38.5 Å². The number of nitrogens with zero attached hydrogens (tertiary/aromatic N) is 3. The van der Waals surface area contributed by atoms with E-state index in [2.05, 4.69) is 20.5 Å². The van der Waals surface area contributed by atoms with Crippen LogP contribution in [-0.2, 0) is 0 Å². The Bertz CT molecular complexity index is 569. The predicted molar refractivity (Wildman–Crippen MR) is 88.8 cm³/mol. The van der Waals surface area contributed by atoms with Crippen molar-refractivity contribution in [1.82, 2.24) is 15.2 Å². The van der Waals surface area contributed by atoms with Crippen LogP contribution in [0, 0.1) is 5.92 Å². The molecular formula is C16H22N4OS. The molecule has 2 N–H and O–H groups in total. The van der Waals surface area contributed by atoms with Gasteiger partial charge in [0.2, 0.25) is 5.13 Å². The van der Waals surface area contributed by atoms with Gasteiger partial charge in [-0.3, -0.25) is 4.98 Å². The molecule has 22 heavy (non-hydrogen) atoms. The number of aromatic nitrogens is 3. The smallest absolute Gasteiger partial charge is 0.206 e. The topological polar surface area (TPSA) is 70.9 Å². The first-order chi connectivity index (χ1) is 10.9. The summed E-state index contributed by atoms with van der Waals surface area (Å²) in [6, 6.07) is 6.07. The standard InChI is InChI=1S/C16H22N4OS/c21-11-9-13(12-6-2-1-3-7-12)18-16-20-19-15(22-16)14-8-4-5-10-17-14/h4-5,8,10,12-13,21H,1-3,6-7,9,11H2,(H,18,20). The van der Waals surface area contributed by atoms with E-state index in [4.69, 9.17) is 0 Å². The van der Waals surface area contributed by atoms with E-state index >= 15 is 0 Å². The first-order valence-corrected chi connectivity index (χ1v) is 8.81. The molecule has 1 atom stereocenters. The fourth-order valence-corrected chi connectivity index (χ4v) is 3.92. The van der Waals surface area contributed by atoms with Crippen molar-refractivity contribution >= 4 is 16.5 Å². The Morgan fingerprint density at radius 3 is 2.82 bits per heavy atom. The van der Waals surface area contributed by atoms with Crippen molar-refractivity contribution in [2.75, 3.05) is 11.9 Å². The maximum atomic E-state index is 9.35. The monoisotopic (exact) mass is 318 g/mol. The van der Waals surface area contributed by atoms with Crippen LogP contribution in [-0.4, -0.2) is 32.9 Å². The van der Waals surface area contributed by atoms with Gasteiger partial charge in [-0.15, -0.1) is 10.2 Å². The van der Waals surface area contributed by atoms with Gasteiger partial charge in [0, 0.05) is 18.8 Å². The van der Waals surface area contributed by atoms with Crippen molar-refractivity contribution in [3.63, 3.8) is 0 Å². The third-order valence-electron chi connectivity index (χ3n) is 4.28. The Morgan fingerprint density at radius 2 is 2.09 bits per heavy atom. The van der Waals surface area contributed by atoms with Crippen molar-refractivity contribution < 1.29 is 5.11 Å². The van der Waals surface area contributed by atoms with Crippen LogP contribution in [0.5, 0.6) is 0 Å². The van der Waals surface area contributed by atoms with E-state index in [-0.39, 0.29) is 12.6 Å². The molecule has 0 spiro atoms. The predicted octanol–water partition coefficient (Wildman–Crippen LogP) is 3.34. The molecule has 1 fully saturated rings. The largest absolute Gasteiger partial charge is 0.396 e. The molecule has 1 unspecified atom stereocenters. The molecule has 1 aliphatic carbocycles. The number of rotatable bonds is 6. The van der Waals surface area contributed by atoms with Crippen LogP contribution < -0.4 is 5.32 Å². The zero-order valence-corrected chi connectivity index (χ0v) is 13.4. The highest BCUT2D eigenvalue weighted by Crippen LogP contribution is 2.31. The van der Waals surface area contributed by atoms with E-state index in [1.165, 1.54) is 43.4 Å². The minimum absolute atomic E-state index is 0.208. The zero-order chi connectivity index (χ0) is 15.2. The zero-order valence-electron chi connectivity index (χ0n) is 12.6. The highest BCUT2D eigenvalue weighted by Gasteiger charge is 2.24. The number of hydrogen-bond donors (Lipinski definition) is 2. The molecule has 2 aromatic rings. The SMILES string of the molecule is OCCC(Nc1nnc(-c2ccccn2)s1)C1CCCCC1. The van der Waals surface area contributed by atoms with Crippen molar-refractivity contribution in [1.29, 1.82) is 0 Å². The molecule has 2 heterocycles. The molecule has 1 saturated carbocycles. The molecule has 5 nitrogen and oxygen atoms in total. The van der Waals surface area contributed by atoms with E-state index < -0.39 is 0 Å². The van der Waals surface area contributed by atoms with Crippen LogP contribution in [0.15, 0.2) is 24.4 Å². The minimum atomic E-state index is 0.208. The van der Waals surface area contributed by atoms with Gasteiger partial charge in [-0.2, -0.15) is 0 Å². The first kappa shape index (κ1) is 15.4. The molecule has 118 valence electrons. The summed E-state index contributed by atoms with van der Waals surface area (Å²) >= 11 is 1.53. The number of hydrogen-bond acceptors (Lipinski definition) is 6. The van der Waals surface area contributed by atoms with E-state index in [1.807, 2.05) is 18.2 Å². The lowest BCUT2D eigenvalue weighted by Gasteiger charge is -2.30. The summed E-state index contributed by atoms with van der Waals surface area (Å²) in [5.74, 6) is 0.628. The molecule has 0 radical (unpaired) electrons. The summed E-state index contributed by atoms with van der Waals surface area (Å²) in [5, 5.41) is 23.0. The molecule has 0 amide bonds. The van der Waals surface area contributed by atoms with Gasteiger partial charge in [-0.1, -0.05) is 36.7 Å². The molecular weight excluding hydrogens is 296 g/mol. The molecule has 0 aliphatic heterocycles. The second-order valence-corrected chi connectivity index (χ2v) is 6.77. The average Bonchev–Trinajstić information content (AvgIpc) is 3.05. The number of anilines is 1. The fourth-order valence-electron chi connectivity index (χ4n) is 3.13. The van der Waals surface area contributed by atoms with Gasteiger partial charge < -0.3 is 10.4 Å². The van der Waals surface area contributed by atoms with Crippen LogP contribution in [0.4, 0.5) is 5.13 Å². The van der Waals surface area contributed by atoms with Gasteiger partial charge in [-0.25, -0.2) is 0 Å². The van der Waals surface area contributed by atoms with E-state index in [0.717, 1.165) is 22.3 Å². The van der Waals surface area contributed by atoms with Gasteiger partial charge in [0.25, 0.3) is 0 Å². The lowest BCUT2D eigenvalue weighted by molar-refractivity contribution is 0.239.